The van der Waals surface area contributed by atoms with E-state index >= 15 is 0 Å². The molecule has 8 heteroatoms. The number of nitrogens with zero attached hydrogens (tertiary/aromatic N) is 1. The van der Waals surface area contributed by atoms with Crippen LogP contribution in [0.15, 0.2) is 48.2 Å². The van der Waals surface area contributed by atoms with Crippen molar-refractivity contribution in [1.82, 2.24) is 5.32 Å². The number of rotatable bonds is 5. The molecule has 2 aromatic rings. The fourth-order valence-corrected chi connectivity index (χ4v) is 2.52. The van der Waals surface area contributed by atoms with Gasteiger partial charge in [-0.05, 0) is 35.9 Å². The Kier molecular flexibility index (Phi) is 5.52. The van der Waals surface area contributed by atoms with E-state index in [-0.39, 0.29) is 18.9 Å². The average molecular weight is 390 g/mol. The summed E-state index contributed by atoms with van der Waals surface area (Å²) in [6.45, 7) is 0.439. The molecule has 0 bridgehead atoms. The Morgan fingerprint density at radius 2 is 1.96 bits per heavy atom. The lowest BCUT2D eigenvalue weighted by Gasteiger charge is -2.07. The highest BCUT2D eigenvalue weighted by Crippen LogP contribution is 2.32. The largest absolute Gasteiger partial charge is 0.454 e. The molecule has 2 aromatic carbocycles. The molecule has 0 saturated heterocycles. The average Bonchev–Trinajstić information content (AvgIpc) is 3.11. The first kappa shape index (κ1) is 17.9. The van der Waals surface area contributed by atoms with Gasteiger partial charge in [0.1, 0.15) is 11.6 Å². The summed E-state index contributed by atoms with van der Waals surface area (Å²) in [5.74, 6) is 0.801. The molecule has 0 saturated carbocycles. The number of halogens is 2. The first-order valence-electron chi connectivity index (χ1n) is 7.55. The Balaban J connectivity index is 1.61. The van der Waals surface area contributed by atoms with Crippen molar-refractivity contribution < 1.29 is 14.3 Å². The van der Waals surface area contributed by atoms with E-state index in [1.165, 1.54) is 6.20 Å². The number of anilines is 1. The number of carbonyl (C=O) groups excluding carboxylic acids is 1. The van der Waals surface area contributed by atoms with E-state index in [1.54, 1.807) is 30.3 Å². The molecule has 1 aliphatic heterocycles. The summed E-state index contributed by atoms with van der Waals surface area (Å²) < 4.78 is 10.5. The van der Waals surface area contributed by atoms with Crippen molar-refractivity contribution in [2.24, 2.45) is 0 Å². The van der Waals surface area contributed by atoms with Crippen molar-refractivity contribution in [3.8, 4) is 17.6 Å². The number of amides is 1. The third kappa shape index (κ3) is 4.20. The molecule has 26 heavy (non-hydrogen) atoms. The van der Waals surface area contributed by atoms with Gasteiger partial charge in [-0.3, -0.25) is 4.79 Å². The molecule has 0 atom stereocenters. The minimum atomic E-state index is -0.502. The van der Waals surface area contributed by atoms with Crippen LogP contribution in [0.5, 0.6) is 11.5 Å². The van der Waals surface area contributed by atoms with Crippen molar-refractivity contribution in [2.75, 3.05) is 12.1 Å². The monoisotopic (exact) mass is 389 g/mol. The molecule has 1 heterocycles. The Labute approximate surface area is 159 Å². The molecule has 0 unspecified atom stereocenters. The van der Waals surface area contributed by atoms with E-state index in [9.17, 15) is 10.1 Å². The maximum atomic E-state index is 12.2. The molecule has 0 fully saturated rings. The van der Waals surface area contributed by atoms with E-state index in [4.69, 9.17) is 32.7 Å². The lowest BCUT2D eigenvalue weighted by atomic mass is 10.2. The van der Waals surface area contributed by atoms with Gasteiger partial charge in [0, 0.05) is 18.4 Å². The molecule has 1 amide bonds. The molecule has 6 nitrogen and oxygen atoms in total. The van der Waals surface area contributed by atoms with Gasteiger partial charge in [-0.15, -0.1) is 0 Å². The van der Waals surface area contributed by atoms with Gasteiger partial charge in [-0.2, -0.15) is 5.26 Å². The number of carbonyl (C=O) groups is 1. The maximum Gasteiger partial charge on any atom is 0.263 e. The number of hydrogen-bond acceptors (Lipinski definition) is 5. The molecule has 132 valence electrons. The number of ether oxygens (including phenoxy) is 2. The SMILES string of the molecule is N#C/C(=C/Nc1ccc(Cl)c(Cl)c1)C(=O)NCc1ccc2c(c1)OCO2. The molecule has 0 aromatic heterocycles. The van der Waals surface area contributed by atoms with Gasteiger partial charge < -0.3 is 20.1 Å². The van der Waals surface area contributed by atoms with Crippen molar-refractivity contribution in [3.05, 3.63) is 63.8 Å². The van der Waals surface area contributed by atoms with Crippen molar-refractivity contribution in [3.63, 3.8) is 0 Å². The van der Waals surface area contributed by atoms with Crippen LogP contribution < -0.4 is 20.1 Å². The van der Waals surface area contributed by atoms with Crippen molar-refractivity contribution in [2.45, 2.75) is 6.54 Å². The highest BCUT2D eigenvalue weighted by atomic mass is 35.5. The van der Waals surface area contributed by atoms with Crippen LogP contribution in [0.2, 0.25) is 10.0 Å². The van der Waals surface area contributed by atoms with Gasteiger partial charge in [-0.1, -0.05) is 29.3 Å². The van der Waals surface area contributed by atoms with E-state index in [1.807, 2.05) is 12.1 Å². The van der Waals surface area contributed by atoms with Crippen LogP contribution in [0.25, 0.3) is 0 Å². The van der Waals surface area contributed by atoms with Crippen LogP contribution >= 0.6 is 23.2 Å². The fraction of sp³-hybridized carbons (Fsp3) is 0.111. The Morgan fingerprint density at radius 3 is 2.73 bits per heavy atom. The van der Waals surface area contributed by atoms with Crippen LogP contribution in [0.3, 0.4) is 0 Å². The number of benzene rings is 2. The van der Waals surface area contributed by atoms with Gasteiger partial charge in [0.05, 0.1) is 10.0 Å². The molecule has 0 aliphatic carbocycles. The summed E-state index contributed by atoms with van der Waals surface area (Å²) in [5, 5.41) is 15.5. The van der Waals surface area contributed by atoms with Gasteiger partial charge >= 0.3 is 0 Å². The highest BCUT2D eigenvalue weighted by molar-refractivity contribution is 6.42. The van der Waals surface area contributed by atoms with Gasteiger partial charge in [0.25, 0.3) is 5.91 Å². The Morgan fingerprint density at radius 1 is 1.15 bits per heavy atom. The molecule has 0 radical (unpaired) electrons. The number of nitriles is 1. The van der Waals surface area contributed by atoms with Crippen LogP contribution in [-0.2, 0) is 11.3 Å². The van der Waals surface area contributed by atoms with E-state index in [0.29, 0.717) is 27.2 Å². The zero-order valence-electron chi connectivity index (χ0n) is 13.4. The summed E-state index contributed by atoms with van der Waals surface area (Å²) in [7, 11) is 0. The lowest BCUT2D eigenvalue weighted by molar-refractivity contribution is -0.117. The molecule has 1 aliphatic rings. The lowest BCUT2D eigenvalue weighted by Crippen LogP contribution is -2.24. The van der Waals surface area contributed by atoms with Crippen LogP contribution in [0.4, 0.5) is 5.69 Å². The third-order valence-corrected chi connectivity index (χ3v) is 4.30. The van der Waals surface area contributed by atoms with E-state index < -0.39 is 5.91 Å². The molecular formula is C18H13Cl2N3O3. The topological polar surface area (TPSA) is 83.4 Å². The molecule has 2 N–H and O–H groups in total. The molecule has 3 rings (SSSR count). The Hall–Kier alpha value is -2.88. The highest BCUT2D eigenvalue weighted by Gasteiger charge is 2.14. The summed E-state index contributed by atoms with van der Waals surface area (Å²) in [6, 6.07) is 12.1. The van der Waals surface area contributed by atoms with Crippen LogP contribution in [0.1, 0.15) is 5.56 Å². The summed E-state index contributed by atoms with van der Waals surface area (Å²) in [5.41, 5.74) is 1.37. The quantitative estimate of drug-likeness (QED) is 0.599. The Bertz CT molecular complexity index is 922. The number of fused-ring (bicyclic) bond motifs is 1. The standard InChI is InChI=1S/C18H13Cl2N3O3/c19-14-3-2-13(6-15(14)20)22-9-12(7-21)18(24)23-8-11-1-4-16-17(5-11)26-10-25-16/h1-6,9,22H,8,10H2,(H,23,24)/b12-9-. The summed E-state index contributed by atoms with van der Waals surface area (Å²) in [6.07, 6.45) is 1.31. The first-order valence-corrected chi connectivity index (χ1v) is 8.31. The van der Waals surface area contributed by atoms with Crippen molar-refractivity contribution >= 4 is 34.8 Å². The van der Waals surface area contributed by atoms with Crippen molar-refractivity contribution in [1.29, 1.82) is 5.26 Å². The second-order valence-electron chi connectivity index (χ2n) is 5.31. The fourth-order valence-electron chi connectivity index (χ4n) is 2.22. The van der Waals surface area contributed by atoms with E-state index in [0.717, 1.165) is 5.56 Å². The minimum Gasteiger partial charge on any atom is -0.454 e. The first-order chi connectivity index (χ1) is 12.6. The molecular weight excluding hydrogens is 377 g/mol. The van der Waals surface area contributed by atoms with E-state index in [2.05, 4.69) is 10.6 Å². The number of nitrogens with one attached hydrogen (secondary N) is 2. The third-order valence-electron chi connectivity index (χ3n) is 3.56. The molecule has 0 spiro atoms. The predicted molar refractivity (Wildman–Crippen MR) is 98.2 cm³/mol. The predicted octanol–water partition coefficient (Wildman–Crippen LogP) is 3.86. The maximum absolute atomic E-state index is 12.2. The van der Waals surface area contributed by atoms with Gasteiger partial charge in [0.15, 0.2) is 11.5 Å². The minimum absolute atomic E-state index is 0.0724. The summed E-state index contributed by atoms with van der Waals surface area (Å²) in [4.78, 5) is 12.2. The second-order valence-corrected chi connectivity index (χ2v) is 6.13. The van der Waals surface area contributed by atoms with Crippen LogP contribution in [-0.4, -0.2) is 12.7 Å². The van der Waals surface area contributed by atoms with Gasteiger partial charge in [-0.25, -0.2) is 0 Å². The smallest absolute Gasteiger partial charge is 0.263 e. The second kappa shape index (κ2) is 8.00. The van der Waals surface area contributed by atoms with Gasteiger partial charge in [0.2, 0.25) is 6.79 Å². The summed E-state index contributed by atoms with van der Waals surface area (Å²) >= 11 is 11.8. The number of hydrogen-bond donors (Lipinski definition) is 2. The van der Waals surface area contributed by atoms with Crippen LogP contribution in [0, 0.1) is 11.3 Å². The zero-order valence-corrected chi connectivity index (χ0v) is 14.9. The normalized spacial score (nSPS) is 12.4. The zero-order chi connectivity index (χ0) is 18.5.